The Balaban J connectivity index is 2.38. The molecular formula is C14H11F3N2O. The van der Waals surface area contributed by atoms with Gasteiger partial charge in [0.15, 0.2) is 5.84 Å². The number of hydroxylamine groups is 1. The fourth-order valence-corrected chi connectivity index (χ4v) is 1.63. The van der Waals surface area contributed by atoms with Gasteiger partial charge in [0.2, 0.25) is 0 Å². The first-order valence-corrected chi connectivity index (χ1v) is 5.72. The molecule has 2 N–H and O–H groups in total. The van der Waals surface area contributed by atoms with Crippen molar-refractivity contribution in [1.82, 2.24) is 5.48 Å². The molecule has 0 aliphatic heterocycles. The summed E-state index contributed by atoms with van der Waals surface area (Å²) in [5.41, 5.74) is 1.77. The highest BCUT2D eigenvalue weighted by Crippen LogP contribution is 2.31. The molecule has 2 rings (SSSR count). The van der Waals surface area contributed by atoms with Crippen molar-refractivity contribution in [3.63, 3.8) is 0 Å². The van der Waals surface area contributed by atoms with E-state index in [0.29, 0.717) is 5.56 Å². The van der Waals surface area contributed by atoms with E-state index in [1.807, 2.05) is 5.48 Å². The van der Waals surface area contributed by atoms with Crippen molar-refractivity contribution < 1.29 is 18.4 Å². The van der Waals surface area contributed by atoms with Gasteiger partial charge in [0, 0.05) is 5.56 Å². The highest BCUT2D eigenvalue weighted by molar-refractivity contribution is 5.99. The third-order valence-electron chi connectivity index (χ3n) is 2.57. The number of hydrogen-bond acceptors (Lipinski definition) is 2. The molecule has 0 amide bonds. The lowest BCUT2D eigenvalue weighted by Crippen LogP contribution is -2.19. The lowest BCUT2D eigenvalue weighted by molar-refractivity contribution is -0.137. The number of amidine groups is 1. The quantitative estimate of drug-likeness (QED) is 0.500. The van der Waals surface area contributed by atoms with E-state index in [9.17, 15) is 13.2 Å². The topological polar surface area (TPSA) is 44.6 Å². The van der Waals surface area contributed by atoms with Crippen LogP contribution >= 0.6 is 0 Å². The monoisotopic (exact) mass is 280 g/mol. The van der Waals surface area contributed by atoms with Crippen LogP contribution in [0.4, 0.5) is 18.9 Å². The summed E-state index contributed by atoms with van der Waals surface area (Å²) >= 11 is 0. The summed E-state index contributed by atoms with van der Waals surface area (Å²) in [5.74, 6) is 0.0740. The molecule has 2 aromatic carbocycles. The average Bonchev–Trinajstić information content (AvgIpc) is 2.45. The van der Waals surface area contributed by atoms with E-state index in [4.69, 9.17) is 5.21 Å². The summed E-state index contributed by atoms with van der Waals surface area (Å²) in [6, 6.07) is 13.2. The van der Waals surface area contributed by atoms with Gasteiger partial charge in [0.1, 0.15) is 0 Å². The third kappa shape index (κ3) is 3.36. The molecule has 0 saturated heterocycles. The Kier molecular flexibility index (Phi) is 4.05. The van der Waals surface area contributed by atoms with E-state index in [1.54, 1.807) is 30.3 Å². The van der Waals surface area contributed by atoms with Crippen molar-refractivity contribution in [3.8, 4) is 0 Å². The minimum atomic E-state index is -4.43. The molecule has 0 aromatic heterocycles. The normalized spacial score (nSPS) is 12.3. The molecule has 20 heavy (non-hydrogen) atoms. The molecule has 0 atom stereocenters. The second kappa shape index (κ2) is 5.75. The molecular weight excluding hydrogens is 269 g/mol. The van der Waals surface area contributed by atoms with Crippen molar-refractivity contribution >= 4 is 11.5 Å². The minimum Gasteiger partial charge on any atom is -0.290 e. The molecule has 0 aliphatic carbocycles. The number of nitrogens with one attached hydrogen (secondary N) is 1. The summed E-state index contributed by atoms with van der Waals surface area (Å²) in [6.07, 6.45) is -4.43. The zero-order valence-electron chi connectivity index (χ0n) is 10.2. The Labute approximate surface area is 113 Å². The first-order chi connectivity index (χ1) is 9.50. The largest absolute Gasteiger partial charge is 0.416 e. The number of nitrogens with zero attached hydrogens (tertiary/aromatic N) is 1. The maximum absolute atomic E-state index is 12.6. The second-order valence-corrected chi connectivity index (χ2v) is 3.99. The molecule has 0 aliphatic rings. The van der Waals surface area contributed by atoms with Crippen molar-refractivity contribution in [2.24, 2.45) is 4.99 Å². The first kappa shape index (κ1) is 14.1. The van der Waals surface area contributed by atoms with E-state index in [-0.39, 0.29) is 11.5 Å². The van der Waals surface area contributed by atoms with Crippen LogP contribution < -0.4 is 5.48 Å². The van der Waals surface area contributed by atoms with Crippen molar-refractivity contribution in [2.45, 2.75) is 6.18 Å². The average molecular weight is 280 g/mol. The van der Waals surface area contributed by atoms with Gasteiger partial charge in [-0.3, -0.25) is 10.7 Å². The highest BCUT2D eigenvalue weighted by atomic mass is 19.4. The van der Waals surface area contributed by atoms with Gasteiger partial charge in [0.25, 0.3) is 0 Å². The zero-order chi connectivity index (χ0) is 14.6. The molecule has 6 heteroatoms. The van der Waals surface area contributed by atoms with Gasteiger partial charge >= 0.3 is 6.18 Å². The smallest absolute Gasteiger partial charge is 0.290 e. The molecule has 0 unspecified atom stereocenters. The number of benzene rings is 2. The molecule has 0 bridgehead atoms. The summed E-state index contributed by atoms with van der Waals surface area (Å²) in [5, 5.41) is 9.07. The molecule has 0 fully saturated rings. The summed E-state index contributed by atoms with van der Waals surface area (Å²) in [4.78, 5) is 3.98. The molecule has 0 heterocycles. The van der Waals surface area contributed by atoms with Gasteiger partial charge in [-0.05, 0) is 18.2 Å². The van der Waals surface area contributed by atoms with Crippen LogP contribution in [0.25, 0.3) is 0 Å². The Morgan fingerprint density at radius 2 is 1.70 bits per heavy atom. The van der Waals surface area contributed by atoms with Crippen LogP contribution in [0.2, 0.25) is 0 Å². The van der Waals surface area contributed by atoms with Gasteiger partial charge in [-0.1, -0.05) is 36.4 Å². The van der Waals surface area contributed by atoms with Crippen LogP contribution in [0.1, 0.15) is 11.1 Å². The van der Waals surface area contributed by atoms with Crippen molar-refractivity contribution in [1.29, 1.82) is 0 Å². The molecule has 0 radical (unpaired) electrons. The number of aliphatic imine (C=N–C) groups is 1. The van der Waals surface area contributed by atoms with Gasteiger partial charge in [-0.2, -0.15) is 13.2 Å². The number of hydrogen-bond donors (Lipinski definition) is 2. The van der Waals surface area contributed by atoms with E-state index in [2.05, 4.69) is 4.99 Å². The predicted octanol–water partition coefficient (Wildman–Crippen LogP) is 3.76. The standard InChI is InChI=1S/C14H11F3N2O/c15-14(16,17)11-7-4-8-12(9-11)18-13(19-20)10-5-2-1-3-6-10/h1-9,20H,(H,18,19). The Morgan fingerprint density at radius 1 is 1.00 bits per heavy atom. The van der Waals surface area contributed by atoms with Crippen LogP contribution in [0, 0.1) is 0 Å². The molecule has 2 aromatic rings. The maximum atomic E-state index is 12.6. The van der Waals surface area contributed by atoms with E-state index < -0.39 is 11.7 Å². The molecule has 0 saturated carbocycles. The van der Waals surface area contributed by atoms with E-state index in [1.165, 1.54) is 12.1 Å². The van der Waals surface area contributed by atoms with Crippen LogP contribution in [-0.4, -0.2) is 11.0 Å². The second-order valence-electron chi connectivity index (χ2n) is 3.99. The lowest BCUT2D eigenvalue weighted by Gasteiger charge is -2.08. The Bertz CT molecular complexity index is 609. The summed E-state index contributed by atoms with van der Waals surface area (Å²) in [6.45, 7) is 0. The van der Waals surface area contributed by atoms with E-state index in [0.717, 1.165) is 12.1 Å². The Morgan fingerprint density at radius 3 is 2.30 bits per heavy atom. The zero-order valence-corrected chi connectivity index (χ0v) is 10.2. The SMILES string of the molecule is ONC(=Nc1cccc(C(F)(F)F)c1)c1ccccc1. The van der Waals surface area contributed by atoms with Crippen LogP contribution in [0.3, 0.4) is 0 Å². The first-order valence-electron chi connectivity index (χ1n) is 5.72. The van der Waals surface area contributed by atoms with Gasteiger partial charge < -0.3 is 0 Å². The maximum Gasteiger partial charge on any atom is 0.416 e. The predicted molar refractivity (Wildman–Crippen MR) is 69.0 cm³/mol. The van der Waals surface area contributed by atoms with Crippen LogP contribution in [0.15, 0.2) is 59.6 Å². The molecule has 104 valence electrons. The van der Waals surface area contributed by atoms with Gasteiger partial charge in [-0.25, -0.2) is 4.99 Å². The number of rotatable bonds is 2. The van der Waals surface area contributed by atoms with Crippen LogP contribution in [0.5, 0.6) is 0 Å². The van der Waals surface area contributed by atoms with Gasteiger partial charge in [-0.15, -0.1) is 0 Å². The summed E-state index contributed by atoms with van der Waals surface area (Å²) < 4.78 is 37.8. The van der Waals surface area contributed by atoms with E-state index >= 15 is 0 Å². The van der Waals surface area contributed by atoms with Gasteiger partial charge in [0.05, 0.1) is 11.3 Å². The van der Waals surface area contributed by atoms with Crippen LogP contribution in [-0.2, 0) is 6.18 Å². The minimum absolute atomic E-state index is 0.0740. The van der Waals surface area contributed by atoms with Crippen molar-refractivity contribution in [2.75, 3.05) is 0 Å². The number of alkyl halides is 3. The van der Waals surface area contributed by atoms with Crippen molar-refractivity contribution in [3.05, 3.63) is 65.7 Å². The Hall–Kier alpha value is -2.34. The fraction of sp³-hybridized carbons (Fsp3) is 0.0714. The third-order valence-corrected chi connectivity index (χ3v) is 2.57. The fourth-order valence-electron chi connectivity index (χ4n) is 1.63. The summed E-state index contributed by atoms with van der Waals surface area (Å²) in [7, 11) is 0. The molecule has 0 spiro atoms. The highest BCUT2D eigenvalue weighted by Gasteiger charge is 2.30. The molecule has 3 nitrogen and oxygen atoms in total. The lowest BCUT2D eigenvalue weighted by atomic mass is 10.2. The number of halogens is 3.